The summed E-state index contributed by atoms with van der Waals surface area (Å²) in [6.45, 7) is 3.87. The van der Waals surface area contributed by atoms with Crippen LogP contribution in [-0.4, -0.2) is 44.4 Å². The molecule has 10 nitrogen and oxygen atoms in total. The van der Waals surface area contributed by atoms with Crippen molar-refractivity contribution in [2.75, 3.05) is 17.2 Å². The number of carbonyl (C=O) groups is 3. The number of hydrogen-bond acceptors (Lipinski definition) is 6. The first-order valence-corrected chi connectivity index (χ1v) is 11.8. The molecule has 1 unspecified atom stereocenters. The molecule has 3 amide bonds. The summed E-state index contributed by atoms with van der Waals surface area (Å²) in [5.41, 5.74) is 0.979. The van der Waals surface area contributed by atoms with E-state index in [1.54, 1.807) is 49.2 Å². The van der Waals surface area contributed by atoms with Crippen LogP contribution in [0.15, 0.2) is 59.3 Å². The normalized spacial score (nSPS) is 15.5. The molecule has 36 heavy (non-hydrogen) atoms. The molecule has 1 atom stereocenters. The molecule has 3 heterocycles. The predicted octanol–water partition coefficient (Wildman–Crippen LogP) is 4.27. The second-order valence-electron chi connectivity index (χ2n) is 9.46. The molecule has 0 radical (unpaired) electrons. The maximum absolute atomic E-state index is 13.1. The van der Waals surface area contributed by atoms with E-state index in [0.29, 0.717) is 29.6 Å². The number of nitrogens with zero attached hydrogens (tertiary/aromatic N) is 3. The van der Waals surface area contributed by atoms with Gasteiger partial charge in [0, 0.05) is 24.8 Å². The highest BCUT2D eigenvalue weighted by molar-refractivity contribution is 5.99. The Bertz CT molecular complexity index is 1220. The van der Waals surface area contributed by atoms with Gasteiger partial charge in [-0.15, -0.1) is 0 Å². The summed E-state index contributed by atoms with van der Waals surface area (Å²) in [4.78, 5) is 47.1. The van der Waals surface area contributed by atoms with Crippen molar-refractivity contribution in [2.24, 2.45) is 5.41 Å². The highest BCUT2D eigenvalue weighted by atomic mass is 16.4. The fraction of sp³-hybridized carbons (Fsp3) is 0.346. The van der Waals surface area contributed by atoms with E-state index in [1.165, 1.54) is 6.26 Å². The van der Waals surface area contributed by atoms with Gasteiger partial charge in [0.2, 0.25) is 11.8 Å². The van der Waals surface area contributed by atoms with E-state index >= 15 is 0 Å². The molecule has 3 aromatic rings. The molecule has 0 spiro atoms. The molecule has 0 bridgehead atoms. The second-order valence-corrected chi connectivity index (χ2v) is 9.46. The summed E-state index contributed by atoms with van der Waals surface area (Å²) < 4.78 is 5.64. The number of nitrogens with one attached hydrogen (secondary N) is 2. The summed E-state index contributed by atoms with van der Waals surface area (Å²) in [6.07, 6.45) is 4.99. The third-order valence-electron chi connectivity index (χ3n) is 6.08. The molecular formula is C26H29N5O5. The Morgan fingerprint density at radius 3 is 2.61 bits per heavy atom. The van der Waals surface area contributed by atoms with Gasteiger partial charge >= 0.3 is 12.0 Å². The number of carboxylic acids is 1. The van der Waals surface area contributed by atoms with Gasteiger partial charge in [0.15, 0.2) is 0 Å². The molecular weight excluding hydrogens is 462 g/mol. The van der Waals surface area contributed by atoms with Gasteiger partial charge in [-0.3, -0.25) is 14.9 Å². The van der Waals surface area contributed by atoms with Crippen LogP contribution in [0.3, 0.4) is 0 Å². The number of likely N-dealkylation sites (tertiary alicyclic amines) is 1. The first-order valence-electron chi connectivity index (χ1n) is 11.8. The highest BCUT2D eigenvalue weighted by Gasteiger charge is 2.34. The number of carboxylic acid groups (broad SMARTS) is 1. The Kier molecular flexibility index (Phi) is 7.33. The average molecular weight is 492 g/mol. The zero-order valence-corrected chi connectivity index (χ0v) is 20.2. The number of rotatable bonds is 8. The topological polar surface area (TPSA) is 138 Å². The quantitative estimate of drug-likeness (QED) is 0.428. The van der Waals surface area contributed by atoms with Gasteiger partial charge in [-0.1, -0.05) is 24.3 Å². The Morgan fingerprint density at radius 2 is 1.92 bits per heavy atom. The second kappa shape index (κ2) is 10.6. The monoisotopic (exact) mass is 491 g/mol. The maximum Gasteiger partial charge on any atom is 0.324 e. The summed E-state index contributed by atoms with van der Waals surface area (Å²) in [6, 6.07) is 11.8. The highest BCUT2D eigenvalue weighted by Crippen LogP contribution is 2.33. The average Bonchev–Trinajstić information content (AvgIpc) is 3.50. The summed E-state index contributed by atoms with van der Waals surface area (Å²) in [7, 11) is 0. The number of anilines is 2. The van der Waals surface area contributed by atoms with Crippen molar-refractivity contribution in [2.45, 2.75) is 45.6 Å². The van der Waals surface area contributed by atoms with Crippen LogP contribution in [0.25, 0.3) is 0 Å². The number of carbonyl (C=O) groups excluding carboxylic acids is 2. The molecule has 1 aliphatic heterocycles. The summed E-state index contributed by atoms with van der Waals surface area (Å²) >= 11 is 0. The van der Waals surface area contributed by atoms with Crippen LogP contribution in [0.5, 0.6) is 0 Å². The molecule has 0 aliphatic carbocycles. The maximum atomic E-state index is 13.1. The molecule has 2 aromatic heterocycles. The Labute approximate surface area is 208 Å². The molecule has 1 aromatic carbocycles. The number of pyridine rings is 1. The van der Waals surface area contributed by atoms with E-state index in [9.17, 15) is 19.5 Å². The minimum absolute atomic E-state index is 0.0764. The van der Waals surface area contributed by atoms with E-state index < -0.39 is 17.4 Å². The zero-order chi connectivity index (χ0) is 25.7. The SMILES string of the molecule is CC(C)(Cc1coc(C2CCCN2C(=O)Cc2ccc(NC(=O)Nc3ccccc3)nc2)n1)C(=O)O. The van der Waals surface area contributed by atoms with Crippen molar-refractivity contribution in [3.05, 3.63) is 72.1 Å². The molecule has 1 saturated heterocycles. The molecule has 4 rings (SSSR count). The van der Waals surface area contributed by atoms with Crippen molar-refractivity contribution in [3.63, 3.8) is 0 Å². The molecule has 0 saturated carbocycles. The van der Waals surface area contributed by atoms with Gasteiger partial charge in [0.05, 0.1) is 17.5 Å². The fourth-order valence-electron chi connectivity index (χ4n) is 4.09. The van der Waals surface area contributed by atoms with Gasteiger partial charge in [-0.05, 0) is 50.5 Å². The lowest BCUT2D eigenvalue weighted by atomic mass is 9.88. The number of amides is 3. The predicted molar refractivity (Wildman–Crippen MR) is 132 cm³/mol. The van der Waals surface area contributed by atoms with Crippen molar-refractivity contribution in [1.82, 2.24) is 14.9 Å². The molecule has 10 heteroatoms. The number of para-hydroxylation sites is 1. The van der Waals surface area contributed by atoms with Crippen molar-refractivity contribution in [1.29, 1.82) is 0 Å². The van der Waals surface area contributed by atoms with Crippen molar-refractivity contribution < 1.29 is 23.9 Å². The summed E-state index contributed by atoms with van der Waals surface area (Å²) in [5.74, 6) is -0.182. The van der Waals surface area contributed by atoms with Crippen molar-refractivity contribution in [3.8, 4) is 0 Å². The van der Waals surface area contributed by atoms with Crippen LogP contribution >= 0.6 is 0 Å². The number of benzene rings is 1. The van der Waals surface area contributed by atoms with Gasteiger partial charge in [0.25, 0.3) is 0 Å². The van der Waals surface area contributed by atoms with Crippen molar-refractivity contribution >= 4 is 29.4 Å². The fourth-order valence-corrected chi connectivity index (χ4v) is 4.09. The Morgan fingerprint density at radius 1 is 1.14 bits per heavy atom. The molecule has 1 aliphatic rings. The number of oxazole rings is 1. The first kappa shape index (κ1) is 24.9. The first-order chi connectivity index (χ1) is 17.2. The number of aliphatic carboxylic acids is 1. The minimum atomic E-state index is -0.963. The zero-order valence-electron chi connectivity index (χ0n) is 20.2. The Hall–Kier alpha value is -4.21. The third kappa shape index (κ3) is 6.07. The standard InChI is InChI=1S/C26H29N5O5/c1-26(2,24(33)34)14-19-16-36-23(28-19)20-9-6-12-31(20)22(32)13-17-10-11-21(27-15-17)30-25(35)29-18-7-4-3-5-8-18/h3-5,7-8,10-11,15-16,20H,6,9,12-14H2,1-2H3,(H,33,34)(H2,27,29,30,35). The Balaban J connectivity index is 1.34. The lowest BCUT2D eigenvalue weighted by Gasteiger charge is -2.22. The van der Waals surface area contributed by atoms with Crippen LogP contribution in [0, 0.1) is 5.41 Å². The summed E-state index contributed by atoms with van der Waals surface area (Å²) in [5, 5.41) is 14.7. The lowest BCUT2D eigenvalue weighted by Crippen LogP contribution is -2.32. The number of urea groups is 1. The smallest absolute Gasteiger partial charge is 0.324 e. The number of aromatic nitrogens is 2. The van der Waals surface area contributed by atoms with Gasteiger partial charge in [-0.2, -0.15) is 0 Å². The minimum Gasteiger partial charge on any atom is -0.481 e. The molecule has 188 valence electrons. The van der Waals surface area contributed by atoms with E-state index in [4.69, 9.17) is 4.42 Å². The molecule has 3 N–H and O–H groups in total. The third-order valence-corrected chi connectivity index (χ3v) is 6.08. The van der Waals surface area contributed by atoms with Crippen LogP contribution < -0.4 is 10.6 Å². The van der Waals surface area contributed by atoms with Crippen LogP contribution in [0.1, 0.15) is 49.9 Å². The number of hydrogen-bond donors (Lipinski definition) is 3. The lowest BCUT2D eigenvalue weighted by molar-refractivity contribution is -0.146. The van der Waals surface area contributed by atoms with Gasteiger partial charge in [-0.25, -0.2) is 14.8 Å². The van der Waals surface area contributed by atoms with Crippen LogP contribution in [-0.2, 0) is 22.4 Å². The van der Waals surface area contributed by atoms with Gasteiger partial charge in [0.1, 0.15) is 18.1 Å². The van der Waals surface area contributed by atoms with E-state index in [1.807, 2.05) is 18.2 Å². The largest absolute Gasteiger partial charge is 0.481 e. The van der Waals surface area contributed by atoms with Crippen LogP contribution in [0.2, 0.25) is 0 Å². The molecule has 1 fully saturated rings. The van der Waals surface area contributed by atoms with Gasteiger partial charge < -0.3 is 19.7 Å². The van der Waals surface area contributed by atoms with E-state index in [2.05, 4.69) is 20.6 Å². The van der Waals surface area contributed by atoms with E-state index in [-0.39, 0.29) is 24.8 Å². The van der Waals surface area contributed by atoms with Crippen LogP contribution in [0.4, 0.5) is 16.3 Å². The van der Waals surface area contributed by atoms with E-state index in [0.717, 1.165) is 18.4 Å².